The topological polar surface area (TPSA) is 88.5 Å². The van der Waals surface area contributed by atoms with Crippen molar-refractivity contribution < 1.29 is 14.4 Å². The second-order valence-corrected chi connectivity index (χ2v) is 13.1. The van der Waals surface area contributed by atoms with Gasteiger partial charge in [-0.3, -0.25) is 23.7 Å². The van der Waals surface area contributed by atoms with E-state index in [-0.39, 0.29) is 28.3 Å². The number of nitrogens with one attached hydrogen (secondary N) is 1. The fraction of sp³-hybridized carbons (Fsp3) is 0.143. The molecule has 1 aromatic heterocycles. The van der Waals surface area contributed by atoms with Crippen LogP contribution in [0.4, 0.5) is 11.4 Å². The second kappa shape index (κ2) is 10.8. The molecule has 202 valence electrons. The largest absolute Gasteiger partial charge is 0.324 e. The van der Waals surface area contributed by atoms with Crippen molar-refractivity contribution in [1.82, 2.24) is 4.57 Å². The Morgan fingerprint density at radius 1 is 0.925 bits per heavy atom. The number of carbonyl (C=O) groups is 3. The maximum atomic E-state index is 13.9. The number of carbonyl (C=O) groups excluding carboxylic acids is 3. The Morgan fingerprint density at radius 2 is 1.70 bits per heavy atom. The van der Waals surface area contributed by atoms with E-state index in [1.54, 1.807) is 36.4 Å². The second-order valence-electron chi connectivity index (χ2n) is 9.24. The van der Waals surface area contributed by atoms with Gasteiger partial charge in [-0.2, -0.15) is 0 Å². The number of halogens is 3. The SMILES string of the molecule is O=C(Cn1c2c(sc1=O)[C@H](c1cccc(Br)c1)C1C(=O)N(c3ccccc3)C(=O)C1S2)Nc1ccc(Cl)c(Cl)c1. The first kappa shape index (κ1) is 27.3. The van der Waals surface area contributed by atoms with E-state index in [1.807, 2.05) is 30.3 Å². The minimum atomic E-state index is -0.762. The number of hydrogen-bond donors (Lipinski definition) is 1. The fourth-order valence-corrected chi connectivity index (χ4v) is 8.55. The van der Waals surface area contributed by atoms with Crippen LogP contribution < -0.4 is 15.1 Å². The van der Waals surface area contributed by atoms with E-state index in [1.165, 1.54) is 27.3 Å². The van der Waals surface area contributed by atoms with Crippen LogP contribution in [0.5, 0.6) is 0 Å². The molecule has 0 spiro atoms. The van der Waals surface area contributed by atoms with Gasteiger partial charge >= 0.3 is 4.87 Å². The third-order valence-electron chi connectivity index (χ3n) is 6.78. The molecular weight excluding hydrogens is 657 g/mol. The molecule has 0 bridgehead atoms. The first-order valence-corrected chi connectivity index (χ1v) is 15.3. The summed E-state index contributed by atoms with van der Waals surface area (Å²) in [5.74, 6) is -2.35. The predicted molar refractivity (Wildman–Crippen MR) is 162 cm³/mol. The number of thioether (sulfide) groups is 1. The third kappa shape index (κ3) is 4.81. The Morgan fingerprint density at radius 3 is 2.42 bits per heavy atom. The van der Waals surface area contributed by atoms with Gasteiger partial charge in [0.15, 0.2) is 0 Å². The number of fused-ring (bicyclic) bond motifs is 2. The molecule has 3 atom stereocenters. The third-order valence-corrected chi connectivity index (χ3v) is 10.6. The molecule has 0 radical (unpaired) electrons. The summed E-state index contributed by atoms with van der Waals surface area (Å²) in [6.07, 6.45) is 0. The fourth-order valence-electron chi connectivity index (χ4n) is 5.06. The number of hydrogen-bond acceptors (Lipinski definition) is 6. The van der Waals surface area contributed by atoms with Crippen LogP contribution in [-0.2, 0) is 20.9 Å². The van der Waals surface area contributed by atoms with Crippen molar-refractivity contribution in [1.29, 1.82) is 0 Å². The van der Waals surface area contributed by atoms with Crippen LogP contribution in [0, 0.1) is 5.92 Å². The molecule has 0 aliphatic carbocycles. The average Bonchev–Trinajstić information content (AvgIpc) is 3.37. The highest BCUT2D eigenvalue weighted by atomic mass is 79.9. The summed E-state index contributed by atoms with van der Waals surface area (Å²) >= 11 is 17.7. The monoisotopic (exact) mass is 673 g/mol. The lowest BCUT2D eigenvalue weighted by Gasteiger charge is -2.30. The van der Waals surface area contributed by atoms with Gasteiger partial charge in [0.2, 0.25) is 17.7 Å². The molecule has 40 heavy (non-hydrogen) atoms. The quantitative estimate of drug-likeness (QED) is 0.247. The van der Waals surface area contributed by atoms with E-state index in [0.717, 1.165) is 21.4 Å². The van der Waals surface area contributed by atoms with Crippen LogP contribution in [0.1, 0.15) is 16.4 Å². The number of nitrogens with zero attached hydrogens (tertiary/aromatic N) is 2. The van der Waals surface area contributed by atoms with Crippen LogP contribution in [0.2, 0.25) is 10.0 Å². The van der Waals surface area contributed by atoms with Gasteiger partial charge in [-0.25, -0.2) is 4.90 Å². The van der Waals surface area contributed by atoms with Gasteiger partial charge in [-0.15, -0.1) is 0 Å². The molecule has 1 saturated heterocycles. The molecule has 3 aromatic carbocycles. The number of imide groups is 1. The number of anilines is 2. The van der Waals surface area contributed by atoms with Crippen molar-refractivity contribution in [3.05, 3.63) is 107 Å². The Bertz CT molecular complexity index is 1740. The number of benzene rings is 3. The van der Waals surface area contributed by atoms with E-state index < -0.39 is 23.0 Å². The number of rotatable bonds is 5. The van der Waals surface area contributed by atoms with E-state index in [4.69, 9.17) is 23.2 Å². The molecule has 1 fully saturated rings. The summed E-state index contributed by atoms with van der Waals surface area (Å²) in [4.78, 5) is 55.4. The highest BCUT2D eigenvalue weighted by molar-refractivity contribution is 9.10. The molecule has 0 saturated carbocycles. The Labute approximate surface area is 255 Å². The summed E-state index contributed by atoms with van der Waals surface area (Å²) in [5, 5.41) is 3.14. The number of aromatic nitrogens is 1. The van der Waals surface area contributed by atoms with Crippen molar-refractivity contribution in [3.63, 3.8) is 0 Å². The van der Waals surface area contributed by atoms with Crippen LogP contribution in [0.15, 0.2) is 87.1 Å². The van der Waals surface area contributed by atoms with Crippen LogP contribution in [-0.4, -0.2) is 27.5 Å². The van der Waals surface area contributed by atoms with E-state index in [0.29, 0.717) is 26.3 Å². The van der Waals surface area contributed by atoms with Crippen molar-refractivity contribution in [3.8, 4) is 0 Å². The van der Waals surface area contributed by atoms with Crippen LogP contribution in [0.25, 0.3) is 0 Å². The standard InChI is InChI=1S/C28H18BrCl2N3O4S2/c29-15-6-4-5-14(11-15)21-22-23(26(37)34(25(22)36)17-7-2-1-3-8-17)39-27-24(21)40-28(38)33(27)13-20(35)32-16-9-10-18(30)19(31)12-16/h1-12,21-23H,13H2,(H,32,35)/t21-,22?,23?/m1/s1. The summed E-state index contributed by atoms with van der Waals surface area (Å²) < 4.78 is 2.19. The molecule has 1 N–H and O–H groups in total. The highest BCUT2D eigenvalue weighted by Gasteiger charge is 2.56. The molecule has 3 heterocycles. The van der Waals surface area contributed by atoms with Gasteiger partial charge in [-0.05, 0) is 48.0 Å². The maximum absolute atomic E-state index is 13.9. The molecule has 6 rings (SSSR count). The van der Waals surface area contributed by atoms with Gasteiger partial charge in [-0.1, -0.05) is 92.6 Å². The Kier molecular flexibility index (Phi) is 7.39. The average molecular weight is 675 g/mol. The van der Waals surface area contributed by atoms with E-state index in [2.05, 4.69) is 21.2 Å². The van der Waals surface area contributed by atoms with Crippen LogP contribution in [0.3, 0.4) is 0 Å². The highest BCUT2D eigenvalue weighted by Crippen LogP contribution is 2.54. The first-order chi connectivity index (χ1) is 19.2. The Hall–Kier alpha value is -2.89. The Balaban J connectivity index is 1.40. The molecule has 12 heteroatoms. The van der Waals surface area contributed by atoms with Crippen molar-refractivity contribution >= 4 is 91.3 Å². The molecular formula is C28H18BrCl2N3O4S2. The van der Waals surface area contributed by atoms with Crippen molar-refractivity contribution in [2.75, 3.05) is 10.2 Å². The normalized spacial score (nSPS) is 19.9. The van der Waals surface area contributed by atoms with Crippen molar-refractivity contribution in [2.45, 2.75) is 22.7 Å². The predicted octanol–water partition coefficient (Wildman–Crippen LogP) is 6.41. The maximum Gasteiger partial charge on any atom is 0.308 e. The summed E-state index contributed by atoms with van der Waals surface area (Å²) in [6, 6.07) is 21.0. The zero-order valence-corrected chi connectivity index (χ0v) is 25.1. The summed E-state index contributed by atoms with van der Waals surface area (Å²) in [6.45, 7) is -0.273. The molecule has 7 nitrogen and oxygen atoms in total. The molecule has 2 unspecified atom stereocenters. The summed E-state index contributed by atoms with van der Waals surface area (Å²) in [5.41, 5.74) is 1.74. The smallest absolute Gasteiger partial charge is 0.308 e. The first-order valence-electron chi connectivity index (χ1n) is 12.1. The lowest BCUT2D eigenvalue weighted by atomic mass is 9.83. The van der Waals surface area contributed by atoms with Crippen molar-refractivity contribution in [2.24, 2.45) is 5.92 Å². The van der Waals surface area contributed by atoms with E-state index in [9.17, 15) is 19.2 Å². The molecule has 4 aromatic rings. The molecule has 2 aliphatic rings. The van der Waals surface area contributed by atoms with Gasteiger partial charge in [0.25, 0.3) is 0 Å². The summed E-state index contributed by atoms with van der Waals surface area (Å²) in [7, 11) is 0. The van der Waals surface area contributed by atoms with Crippen LogP contribution >= 0.6 is 62.2 Å². The van der Waals surface area contributed by atoms with Gasteiger partial charge < -0.3 is 5.32 Å². The van der Waals surface area contributed by atoms with E-state index >= 15 is 0 Å². The number of thiazole rings is 1. The van der Waals surface area contributed by atoms with Gasteiger partial charge in [0.05, 0.1) is 26.7 Å². The number of para-hydroxylation sites is 1. The lowest BCUT2D eigenvalue weighted by Crippen LogP contribution is -2.33. The number of amides is 3. The van der Waals surface area contributed by atoms with Gasteiger partial charge in [0, 0.05) is 21.0 Å². The minimum Gasteiger partial charge on any atom is -0.324 e. The lowest BCUT2D eigenvalue weighted by molar-refractivity contribution is -0.122. The minimum absolute atomic E-state index is 0.273. The van der Waals surface area contributed by atoms with Gasteiger partial charge in [0.1, 0.15) is 11.8 Å². The zero-order valence-electron chi connectivity index (χ0n) is 20.3. The molecule has 2 aliphatic heterocycles. The molecule has 3 amide bonds. The zero-order chi connectivity index (χ0) is 28.1.